The topological polar surface area (TPSA) is 78.1 Å². The summed E-state index contributed by atoms with van der Waals surface area (Å²) in [4.78, 5) is 26.7. The van der Waals surface area contributed by atoms with Gasteiger partial charge in [0, 0.05) is 30.9 Å². The molecule has 1 fully saturated rings. The molecule has 2 amide bonds. The van der Waals surface area contributed by atoms with E-state index in [0.717, 1.165) is 42.9 Å². The summed E-state index contributed by atoms with van der Waals surface area (Å²) in [6.45, 7) is 9.75. The summed E-state index contributed by atoms with van der Waals surface area (Å²) in [5.41, 5.74) is 4.11. The molecule has 3 rings (SSSR count). The maximum atomic E-state index is 12.7. The highest BCUT2D eigenvalue weighted by Gasteiger charge is 2.25. The lowest BCUT2D eigenvalue weighted by atomic mass is 9.89. The average molecular weight is 397 g/mol. The number of H-pyrrole nitrogens is 1. The number of nitrogens with zero attached hydrogens (tertiary/aromatic N) is 2. The average Bonchev–Trinajstić information content (AvgIpc) is 3.08. The Hall–Kier alpha value is -2.63. The van der Waals surface area contributed by atoms with Crippen molar-refractivity contribution in [3.05, 3.63) is 47.3 Å². The van der Waals surface area contributed by atoms with Crippen molar-refractivity contribution in [3.8, 4) is 0 Å². The predicted octanol–water partition coefficient (Wildman–Crippen LogP) is 4.04. The van der Waals surface area contributed by atoms with Crippen LogP contribution in [-0.4, -0.2) is 40.0 Å². The second-order valence-corrected chi connectivity index (χ2v) is 9.26. The van der Waals surface area contributed by atoms with Crippen molar-refractivity contribution in [2.45, 2.75) is 59.3 Å². The van der Waals surface area contributed by atoms with E-state index in [-0.39, 0.29) is 17.2 Å². The largest absolute Gasteiger partial charge is 0.342 e. The number of aromatic nitrogens is 2. The Morgan fingerprint density at radius 2 is 1.83 bits per heavy atom. The molecule has 2 heterocycles. The minimum absolute atomic E-state index is 0.0112. The zero-order valence-corrected chi connectivity index (χ0v) is 17.9. The molecule has 0 aliphatic carbocycles. The number of hydrogen-bond donors (Lipinski definition) is 2. The van der Waals surface area contributed by atoms with E-state index in [9.17, 15) is 9.59 Å². The van der Waals surface area contributed by atoms with Gasteiger partial charge in [0.05, 0.1) is 12.6 Å². The number of aryl methyl sites for hydroxylation is 1. The van der Waals surface area contributed by atoms with Crippen LogP contribution in [0.15, 0.2) is 30.5 Å². The Bertz CT molecular complexity index is 841. The molecule has 0 spiro atoms. The fourth-order valence-corrected chi connectivity index (χ4v) is 3.89. The highest BCUT2D eigenvalue weighted by atomic mass is 16.2. The third kappa shape index (κ3) is 5.92. The van der Waals surface area contributed by atoms with Gasteiger partial charge in [0.1, 0.15) is 0 Å². The van der Waals surface area contributed by atoms with Gasteiger partial charge in [-0.05, 0) is 54.4 Å². The van der Waals surface area contributed by atoms with Crippen molar-refractivity contribution < 1.29 is 9.59 Å². The summed E-state index contributed by atoms with van der Waals surface area (Å²) in [6.07, 6.45) is 4.74. The molecular formula is C23H32N4O2. The van der Waals surface area contributed by atoms with E-state index in [1.54, 1.807) is 0 Å². The first-order valence-electron chi connectivity index (χ1n) is 10.4. The van der Waals surface area contributed by atoms with Crippen molar-refractivity contribution in [1.82, 2.24) is 15.1 Å². The summed E-state index contributed by atoms with van der Waals surface area (Å²) in [6, 6.07) is 7.59. The van der Waals surface area contributed by atoms with Gasteiger partial charge < -0.3 is 10.2 Å². The molecule has 1 aromatic heterocycles. The van der Waals surface area contributed by atoms with E-state index in [2.05, 4.69) is 22.4 Å². The maximum absolute atomic E-state index is 12.7. The van der Waals surface area contributed by atoms with Crippen LogP contribution in [0.4, 0.5) is 5.69 Å². The standard InChI is InChI=1S/C23H32N4O2/c1-16-20(15-24-26-16)18-9-11-27(12-10-18)22(29)13-17-5-7-19(8-6-17)25-21(28)14-23(2,3)4/h5-8,15,18H,9-14H2,1-4H3,(H,24,26)(H,25,28). The van der Waals surface area contributed by atoms with E-state index in [4.69, 9.17) is 0 Å². The minimum atomic E-state index is -0.0415. The van der Waals surface area contributed by atoms with E-state index in [1.165, 1.54) is 5.56 Å². The zero-order chi connectivity index (χ0) is 21.0. The maximum Gasteiger partial charge on any atom is 0.226 e. The number of anilines is 1. The number of benzene rings is 1. The number of piperidine rings is 1. The fraction of sp³-hybridized carbons (Fsp3) is 0.522. The van der Waals surface area contributed by atoms with Gasteiger partial charge in [0.2, 0.25) is 11.8 Å². The quantitative estimate of drug-likeness (QED) is 0.801. The Morgan fingerprint density at radius 1 is 1.17 bits per heavy atom. The van der Waals surface area contributed by atoms with Crippen molar-refractivity contribution in [1.29, 1.82) is 0 Å². The lowest BCUT2D eigenvalue weighted by Crippen LogP contribution is -2.38. The summed E-state index contributed by atoms with van der Waals surface area (Å²) < 4.78 is 0. The highest BCUT2D eigenvalue weighted by molar-refractivity contribution is 5.91. The molecule has 2 N–H and O–H groups in total. The fourth-order valence-electron chi connectivity index (χ4n) is 3.89. The third-order valence-electron chi connectivity index (χ3n) is 5.44. The monoisotopic (exact) mass is 396 g/mol. The number of carbonyl (C=O) groups excluding carboxylic acids is 2. The Balaban J connectivity index is 1.48. The summed E-state index contributed by atoms with van der Waals surface area (Å²) in [5.74, 6) is 0.655. The van der Waals surface area contributed by atoms with E-state index < -0.39 is 0 Å². The van der Waals surface area contributed by atoms with Crippen molar-refractivity contribution >= 4 is 17.5 Å². The number of nitrogens with one attached hydrogen (secondary N) is 2. The lowest BCUT2D eigenvalue weighted by molar-refractivity contribution is -0.131. The van der Waals surface area contributed by atoms with Crippen LogP contribution in [0.25, 0.3) is 0 Å². The van der Waals surface area contributed by atoms with Crippen LogP contribution in [-0.2, 0) is 16.0 Å². The number of amides is 2. The zero-order valence-electron chi connectivity index (χ0n) is 17.9. The molecule has 1 aliphatic rings. The number of aromatic amines is 1. The third-order valence-corrected chi connectivity index (χ3v) is 5.44. The predicted molar refractivity (Wildman–Crippen MR) is 115 cm³/mol. The van der Waals surface area contributed by atoms with Crippen LogP contribution >= 0.6 is 0 Å². The van der Waals surface area contributed by atoms with Crippen LogP contribution in [0.5, 0.6) is 0 Å². The molecule has 0 saturated carbocycles. The molecule has 6 heteroatoms. The first-order chi connectivity index (χ1) is 13.7. The van der Waals surface area contributed by atoms with Gasteiger partial charge in [0.25, 0.3) is 0 Å². The molecule has 0 unspecified atom stereocenters. The normalized spacial score (nSPS) is 15.4. The molecule has 1 saturated heterocycles. The molecule has 156 valence electrons. The van der Waals surface area contributed by atoms with E-state index in [1.807, 2.05) is 56.1 Å². The summed E-state index contributed by atoms with van der Waals surface area (Å²) in [5, 5.41) is 10.0. The second kappa shape index (κ2) is 8.80. The first-order valence-corrected chi connectivity index (χ1v) is 10.4. The molecule has 1 aliphatic heterocycles. The van der Waals surface area contributed by atoms with Gasteiger partial charge in [-0.1, -0.05) is 32.9 Å². The van der Waals surface area contributed by atoms with Gasteiger partial charge in [-0.2, -0.15) is 5.10 Å². The summed E-state index contributed by atoms with van der Waals surface area (Å²) in [7, 11) is 0. The van der Waals surface area contributed by atoms with Crippen LogP contribution in [0.1, 0.15) is 62.8 Å². The van der Waals surface area contributed by atoms with Gasteiger partial charge in [0.15, 0.2) is 0 Å². The van der Waals surface area contributed by atoms with Crippen LogP contribution < -0.4 is 5.32 Å². The molecule has 0 atom stereocenters. The smallest absolute Gasteiger partial charge is 0.226 e. The first kappa shape index (κ1) is 21.1. The van der Waals surface area contributed by atoms with Gasteiger partial charge in [-0.25, -0.2) is 0 Å². The lowest BCUT2D eigenvalue weighted by Gasteiger charge is -2.32. The number of hydrogen-bond acceptors (Lipinski definition) is 3. The van der Waals surface area contributed by atoms with Gasteiger partial charge in [-0.3, -0.25) is 14.7 Å². The van der Waals surface area contributed by atoms with Gasteiger partial charge in [-0.15, -0.1) is 0 Å². The van der Waals surface area contributed by atoms with Gasteiger partial charge >= 0.3 is 0 Å². The SMILES string of the molecule is Cc1[nH]ncc1C1CCN(C(=O)Cc2ccc(NC(=O)CC(C)(C)C)cc2)CC1. The molecule has 0 bridgehead atoms. The number of carbonyl (C=O) groups is 2. The molecule has 2 aromatic rings. The molecular weight excluding hydrogens is 364 g/mol. The van der Waals surface area contributed by atoms with Crippen molar-refractivity contribution in [3.63, 3.8) is 0 Å². The Morgan fingerprint density at radius 3 is 2.38 bits per heavy atom. The van der Waals surface area contributed by atoms with E-state index in [0.29, 0.717) is 18.8 Å². The number of likely N-dealkylation sites (tertiary alicyclic amines) is 1. The molecule has 1 aromatic carbocycles. The molecule has 29 heavy (non-hydrogen) atoms. The van der Waals surface area contributed by atoms with E-state index >= 15 is 0 Å². The van der Waals surface area contributed by atoms with Crippen LogP contribution in [0, 0.1) is 12.3 Å². The molecule has 0 radical (unpaired) electrons. The Kier molecular flexibility index (Phi) is 6.40. The minimum Gasteiger partial charge on any atom is -0.342 e. The van der Waals surface area contributed by atoms with Crippen molar-refractivity contribution in [2.75, 3.05) is 18.4 Å². The highest BCUT2D eigenvalue weighted by Crippen LogP contribution is 2.29. The molecule has 6 nitrogen and oxygen atoms in total. The Labute approximate surface area is 173 Å². The summed E-state index contributed by atoms with van der Waals surface area (Å²) >= 11 is 0. The second-order valence-electron chi connectivity index (χ2n) is 9.26. The van der Waals surface area contributed by atoms with Crippen LogP contribution in [0.2, 0.25) is 0 Å². The van der Waals surface area contributed by atoms with Crippen molar-refractivity contribution in [2.24, 2.45) is 5.41 Å². The number of rotatable bonds is 5. The van der Waals surface area contributed by atoms with Crippen LogP contribution in [0.3, 0.4) is 0 Å².